The molecule has 0 saturated heterocycles. The molecule has 0 unspecified atom stereocenters. The molecule has 0 spiro atoms. The summed E-state index contributed by atoms with van der Waals surface area (Å²) in [6.45, 7) is 6.06. The molecule has 4 heteroatoms. The van der Waals surface area contributed by atoms with Gasteiger partial charge in [-0.05, 0) is 0 Å². The second-order valence-corrected chi connectivity index (χ2v) is 1.63. The molecule has 0 aromatic carbocycles. The summed E-state index contributed by atoms with van der Waals surface area (Å²) >= 11 is 4.77. The van der Waals surface area contributed by atoms with Gasteiger partial charge in [0.15, 0.2) is 0 Å². The Balaban J connectivity index is -0.000000125. The highest BCUT2D eigenvalue weighted by Gasteiger charge is 1.84. The first-order valence-corrected chi connectivity index (χ1v) is 2.59. The van der Waals surface area contributed by atoms with E-state index in [0.29, 0.717) is 0 Å². The van der Waals surface area contributed by atoms with Crippen LogP contribution in [0.4, 0.5) is 9.41 Å². The molecule has 0 atom stereocenters. The molecule has 8 heavy (non-hydrogen) atoms. The van der Waals surface area contributed by atoms with Gasteiger partial charge in [0.25, 0.3) is 0 Å². The van der Waals surface area contributed by atoms with Crippen molar-refractivity contribution in [3.05, 3.63) is 0 Å². The van der Waals surface area contributed by atoms with E-state index in [0.717, 1.165) is 13.1 Å². The third-order valence-corrected chi connectivity index (χ3v) is 1.22. The van der Waals surface area contributed by atoms with Gasteiger partial charge in [0.05, 0.1) is 0 Å². The monoisotopic (exact) mass is 144 g/mol. The second kappa shape index (κ2) is 10.2. The van der Waals surface area contributed by atoms with E-state index >= 15 is 0 Å². The van der Waals surface area contributed by atoms with E-state index < -0.39 is 0 Å². The Morgan fingerprint density at radius 2 is 1.38 bits per heavy atom. The summed E-state index contributed by atoms with van der Waals surface area (Å²) in [5.74, 6) is 0. The lowest BCUT2D eigenvalue weighted by Gasteiger charge is -2.03. The quantitative estimate of drug-likeness (QED) is 0.570. The molecule has 0 bridgehead atoms. The minimum Gasteiger partial charge on any atom is -0.269 e. The SMILES string of the molecule is CCN([S])CC.F.F. The average Bonchev–Trinajstić information content (AvgIpc) is 1.65. The minimum atomic E-state index is 0. The van der Waals surface area contributed by atoms with E-state index in [-0.39, 0.29) is 9.41 Å². The van der Waals surface area contributed by atoms with Gasteiger partial charge >= 0.3 is 0 Å². The Morgan fingerprint density at radius 3 is 1.38 bits per heavy atom. The first kappa shape index (κ1) is 15.7. The Labute approximate surface area is 54.3 Å². The molecule has 0 aromatic rings. The van der Waals surface area contributed by atoms with E-state index in [4.69, 9.17) is 12.8 Å². The predicted molar refractivity (Wildman–Crippen MR) is 35.5 cm³/mol. The fourth-order valence-corrected chi connectivity index (χ4v) is 0.224. The predicted octanol–water partition coefficient (Wildman–Crippen LogP) is 1.75. The van der Waals surface area contributed by atoms with Crippen LogP contribution in [0.3, 0.4) is 0 Å². The summed E-state index contributed by atoms with van der Waals surface area (Å²) in [7, 11) is 0. The van der Waals surface area contributed by atoms with E-state index in [1.54, 1.807) is 0 Å². The van der Waals surface area contributed by atoms with Crippen LogP contribution in [0, 0.1) is 0 Å². The number of hydrogen-bond acceptors (Lipinski definition) is 1. The fraction of sp³-hybridized carbons (Fsp3) is 1.00. The lowest BCUT2D eigenvalue weighted by molar-refractivity contribution is 0.532. The van der Waals surface area contributed by atoms with Crippen molar-refractivity contribution in [1.82, 2.24) is 4.31 Å². The number of rotatable bonds is 2. The van der Waals surface area contributed by atoms with Crippen molar-refractivity contribution < 1.29 is 9.41 Å². The molecule has 0 aromatic heterocycles. The molecule has 1 nitrogen and oxygen atoms in total. The lowest BCUT2D eigenvalue weighted by atomic mass is 10.7. The zero-order valence-corrected chi connectivity index (χ0v) is 5.90. The van der Waals surface area contributed by atoms with Gasteiger partial charge in [-0.25, -0.2) is 4.31 Å². The Kier molecular flexibility index (Phi) is 20.1. The third kappa shape index (κ3) is 9.48. The smallest absolute Gasteiger partial charge is 0.00837 e. The van der Waals surface area contributed by atoms with Gasteiger partial charge < -0.3 is 0 Å². The minimum absolute atomic E-state index is 0. The van der Waals surface area contributed by atoms with Crippen molar-refractivity contribution in [2.24, 2.45) is 0 Å². The Hall–Kier alpha value is 0.170. The standard InChI is InChI=1S/C4H10NS.2FH/c1-3-5(6)4-2;;/h3-4H2,1-2H3;2*1H. The number of hydrogen-bond donors (Lipinski definition) is 0. The van der Waals surface area contributed by atoms with Crippen LogP contribution < -0.4 is 0 Å². The summed E-state index contributed by atoms with van der Waals surface area (Å²) in [4.78, 5) is 0. The van der Waals surface area contributed by atoms with Crippen LogP contribution >= 0.6 is 12.8 Å². The lowest BCUT2D eigenvalue weighted by Crippen LogP contribution is -2.08. The van der Waals surface area contributed by atoms with Crippen LogP contribution in [0.2, 0.25) is 0 Å². The Bertz CT molecular complexity index is 33.2. The van der Waals surface area contributed by atoms with Gasteiger partial charge in [-0.3, -0.25) is 9.41 Å². The van der Waals surface area contributed by atoms with Gasteiger partial charge in [-0.2, -0.15) is 0 Å². The largest absolute Gasteiger partial charge is 0.269 e. The van der Waals surface area contributed by atoms with Gasteiger partial charge in [-0.15, -0.1) is 0 Å². The van der Waals surface area contributed by atoms with Gasteiger partial charge in [0.1, 0.15) is 0 Å². The van der Waals surface area contributed by atoms with Crippen molar-refractivity contribution in [2.75, 3.05) is 13.1 Å². The van der Waals surface area contributed by atoms with E-state index in [9.17, 15) is 0 Å². The third-order valence-electron chi connectivity index (χ3n) is 0.705. The van der Waals surface area contributed by atoms with E-state index in [1.165, 1.54) is 0 Å². The van der Waals surface area contributed by atoms with Crippen molar-refractivity contribution in [2.45, 2.75) is 13.8 Å². The van der Waals surface area contributed by atoms with Crippen LogP contribution in [0.1, 0.15) is 13.8 Å². The summed E-state index contributed by atoms with van der Waals surface area (Å²) in [6.07, 6.45) is 0. The first-order valence-electron chi connectivity index (χ1n) is 2.23. The van der Waals surface area contributed by atoms with Crippen molar-refractivity contribution >= 4 is 12.8 Å². The molecular weight excluding hydrogens is 132 g/mol. The summed E-state index contributed by atoms with van der Waals surface area (Å²) < 4.78 is 1.83. The van der Waals surface area contributed by atoms with Crippen molar-refractivity contribution in [3.63, 3.8) is 0 Å². The first-order chi connectivity index (χ1) is 2.81. The molecule has 0 rings (SSSR count). The maximum absolute atomic E-state index is 4.77. The molecule has 0 heterocycles. The van der Waals surface area contributed by atoms with Crippen molar-refractivity contribution in [3.8, 4) is 0 Å². The van der Waals surface area contributed by atoms with Gasteiger partial charge in [0, 0.05) is 25.9 Å². The molecule has 1 radical (unpaired) electrons. The molecule has 0 aliphatic heterocycles. The molecule has 0 saturated carbocycles. The van der Waals surface area contributed by atoms with Crippen LogP contribution in [-0.2, 0) is 0 Å². The molecule has 0 aliphatic carbocycles. The van der Waals surface area contributed by atoms with Gasteiger partial charge in [0.2, 0.25) is 0 Å². The fourth-order valence-electron chi connectivity index (χ4n) is 0.224. The summed E-state index contributed by atoms with van der Waals surface area (Å²) in [5.41, 5.74) is 0. The molecular formula is C4H12F2NS. The number of halogens is 2. The van der Waals surface area contributed by atoms with Crippen LogP contribution in [0.5, 0.6) is 0 Å². The second-order valence-electron chi connectivity index (χ2n) is 1.11. The van der Waals surface area contributed by atoms with Gasteiger partial charge in [-0.1, -0.05) is 13.8 Å². The van der Waals surface area contributed by atoms with E-state index in [2.05, 4.69) is 13.8 Å². The highest BCUT2D eigenvalue weighted by Crippen LogP contribution is 1.86. The average molecular weight is 144 g/mol. The highest BCUT2D eigenvalue weighted by atomic mass is 32.1. The molecule has 0 aliphatic rings. The topological polar surface area (TPSA) is 3.24 Å². The van der Waals surface area contributed by atoms with Crippen LogP contribution in [0.15, 0.2) is 0 Å². The van der Waals surface area contributed by atoms with Crippen LogP contribution in [-0.4, -0.2) is 17.4 Å². The highest BCUT2D eigenvalue weighted by molar-refractivity contribution is 7.77. The zero-order valence-electron chi connectivity index (χ0n) is 5.09. The maximum Gasteiger partial charge on any atom is 0.00837 e. The summed E-state index contributed by atoms with van der Waals surface area (Å²) in [6, 6.07) is 0. The summed E-state index contributed by atoms with van der Waals surface area (Å²) in [5, 5.41) is 0. The molecule has 0 fully saturated rings. The zero-order chi connectivity index (χ0) is 4.99. The van der Waals surface area contributed by atoms with Crippen LogP contribution in [0.25, 0.3) is 0 Å². The Morgan fingerprint density at radius 1 is 1.12 bits per heavy atom. The normalized spacial score (nSPS) is 7.50. The van der Waals surface area contributed by atoms with Crippen molar-refractivity contribution in [1.29, 1.82) is 0 Å². The molecule has 0 amide bonds. The molecule has 0 N–H and O–H groups in total. The maximum atomic E-state index is 4.77. The van der Waals surface area contributed by atoms with E-state index in [1.807, 2.05) is 4.31 Å². The number of nitrogens with zero attached hydrogens (tertiary/aromatic N) is 1. The molecule has 53 valence electrons.